The molecular formula is C32H44N6O5S. The van der Waals surface area contributed by atoms with E-state index in [-0.39, 0.29) is 16.5 Å². The number of hydrogen-bond donors (Lipinski definition) is 1. The van der Waals surface area contributed by atoms with Gasteiger partial charge in [0.05, 0.1) is 16.4 Å². The van der Waals surface area contributed by atoms with Crippen molar-refractivity contribution in [1.82, 2.24) is 19.4 Å². The van der Waals surface area contributed by atoms with Crippen molar-refractivity contribution in [3.8, 4) is 0 Å². The maximum Gasteiger partial charge on any atom is 0.293 e. The van der Waals surface area contributed by atoms with Crippen LogP contribution >= 0.6 is 0 Å². The van der Waals surface area contributed by atoms with E-state index in [1.807, 2.05) is 104 Å². The molecule has 0 atom stereocenters. The molecule has 0 aromatic heterocycles. The summed E-state index contributed by atoms with van der Waals surface area (Å²) in [6, 6.07) is 23.0. The monoisotopic (exact) mass is 624 g/mol. The Morgan fingerprint density at radius 1 is 0.773 bits per heavy atom. The van der Waals surface area contributed by atoms with E-state index >= 15 is 0 Å². The van der Waals surface area contributed by atoms with Crippen molar-refractivity contribution in [2.45, 2.75) is 30.8 Å². The van der Waals surface area contributed by atoms with Gasteiger partial charge in [0.1, 0.15) is 5.69 Å². The van der Waals surface area contributed by atoms with Gasteiger partial charge < -0.3 is 19.6 Å². The zero-order valence-electron chi connectivity index (χ0n) is 26.1. The van der Waals surface area contributed by atoms with Crippen molar-refractivity contribution in [1.29, 1.82) is 0 Å². The van der Waals surface area contributed by atoms with Crippen molar-refractivity contribution in [3.05, 3.63) is 100 Å². The lowest BCUT2D eigenvalue weighted by atomic mass is 10.1. The summed E-state index contributed by atoms with van der Waals surface area (Å²) in [6.45, 7) is 2.93. The summed E-state index contributed by atoms with van der Waals surface area (Å²) in [5.41, 5.74) is 1.87. The van der Waals surface area contributed by atoms with Gasteiger partial charge in [-0.25, -0.2) is 13.1 Å². The number of benzene rings is 3. The largest absolute Gasteiger partial charge is 0.357 e. The molecular weight excluding hydrogens is 580 g/mol. The SMILES string of the molecule is CN(C)CCCN(CCCN(C)C)C(=O)CNS(=O)(=O)c1ccc(N(Cc2ccccc2)Cc2ccccc2)c([N+](=O)[O-])c1. The third-order valence-corrected chi connectivity index (χ3v) is 8.46. The standard InChI is InChI=1S/C32H44N6O5S/c1-34(2)19-11-21-36(22-12-20-35(3)4)32(39)24-33-44(42,43)29-17-18-30(31(23-29)38(40)41)37(25-27-13-7-5-8-14-27)26-28-15-9-6-10-16-28/h5-10,13-18,23,33H,11-12,19-22,24-26H2,1-4H3. The summed E-state index contributed by atoms with van der Waals surface area (Å²) in [7, 11) is 3.62. The van der Waals surface area contributed by atoms with E-state index in [1.54, 1.807) is 4.90 Å². The van der Waals surface area contributed by atoms with Gasteiger partial charge in [0.15, 0.2) is 0 Å². The molecule has 3 aromatic carbocycles. The highest BCUT2D eigenvalue weighted by molar-refractivity contribution is 7.89. The number of hydrogen-bond acceptors (Lipinski definition) is 8. The van der Waals surface area contributed by atoms with Crippen LogP contribution in [-0.4, -0.2) is 94.9 Å². The number of carbonyl (C=O) groups excluding carboxylic acids is 1. The topological polar surface area (TPSA) is 119 Å². The molecule has 0 fully saturated rings. The number of rotatable bonds is 18. The Morgan fingerprint density at radius 2 is 1.27 bits per heavy atom. The first-order valence-electron chi connectivity index (χ1n) is 14.6. The summed E-state index contributed by atoms with van der Waals surface area (Å²) in [4.78, 5) is 32.1. The molecule has 44 heavy (non-hydrogen) atoms. The van der Waals surface area contributed by atoms with E-state index in [0.717, 1.165) is 43.1 Å². The molecule has 0 spiro atoms. The number of nitro benzene ring substituents is 1. The molecule has 3 aromatic rings. The lowest BCUT2D eigenvalue weighted by molar-refractivity contribution is -0.384. The number of carbonyl (C=O) groups is 1. The second-order valence-corrected chi connectivity index (χ2v) is 13.0. The van der Waals surface area contributed by atoms with Gasteiger partial charge in [-0.15, -0.1) is 0 Å². The van der Waals surface area contributed by atoms with Crippen LogP contribution in [0.2, 0.25) is 0 Å². The molecule has 0 aliphatic heterocycles. The molecule has 0 saturated carbocycles. The Balaban J connectivity index is 1.82. The molecule has 0 bridgehead atoms. The van der Waals surface area contributed by atoms with E-state index in [1.165, 1.54) is 12.1 Å². The molecule has 11 nitrogen and oxygen atoms in total. The number of nitrogens with zero attached hydrogens (tertiary/aromatic N) is 5. The minimum Gasteiger partial charge on any atom is -0.357 e. The molecule has 12 heteroatoms. The van der Waals surface area contributed by atoms with Crippen LogP contribution in [0.4, 0.5) is 11.4 Å². The lowest BCUT2D eigenvalue weighted by Gasteiger charge is -2.25. The Bertz CT molecular complexity index is 1400. The first-order chi connectivity index (χ1) is 21.0. The summed E-state index contributed by atoms with van der Waals surface area (Å²) >= 11 is 0. The van der Waals surface area contributed by atoms with E-state index in [2.05, 4.69) is 4.72 Å². The van der Waals surface area contributed by atoms with Crippen LogP contribution in [0.15, 0.2) is 83.8 Å². The predicted molar refractivity (Wildman–Crippen MR) is 174 cm³/mol. The van der Waals surface area contributed by atoms with E-state index < -0.39 is 21.5 Å². The van der Waals surface area contributed by atoms with E-state index in [0.29, 0.717) is 31.9 Å². The fourth-order valence-corrected chi connectivity index (χ4v) is 5.78. The van der Waals surface area contributed by atoms with Gasteiger partial charge >= 0.3 is 0 Å². The minimum atomic E-state index is -4.21. The first kappa shape index (κ1) is 34.6. The number of amides is 1. The number of nitrogens with one attached hydrogen (secondary N) is 1. The fourth-order valence-electron chi connectivity index (χ4n) is 4.79. The highest BCUT2D eigenvalue weighted by atomic mass is 32.2. The Labute approximate surface area is 261 Å². The van der Waals surface area contributed by atoms with Crippen LogP contribution in [0.3, 0.4) is 0 Å². The van der Waals surface area contributed by atoms with Crippen LogP contribution in [0.1, 0.15) is 24.0 Å². The van der Waals surface area contributed by atoms with Crippen LogP contribution in [0.5, 0.6) is 0 Å². The lowest BCUT2D eigenvalue weighted by Crippen LogP contribution is -2.42. The summed E-state index contributed by atoms with van der Waals surface area (Å²) < 4.78 is 28.9. The van der Waals surface area contributed by atoms with Crippen molar-refractivity contribution in [2.75, 3.05) is 65.8 Å². The maximum absolute atomic E-state index is 13.3. The van der Waals surface area contributed by atoms with Crippen molar-refractivity contribution < 1.29 is 18.1 Å². The first-order valence-corrected chi connectivity index (χ1v) is 16.1. The van der Waals surface area contributed by atoms with E-state index in [4.69, 9.17) is 0 Å². The third kappa shape index (κ3) is 11.0. The molecule has 0 aliphatic carbocycles. The molecule has 238 valence electrons. The predicted octanol–water partition coefficient (Wildman–Crippen LogP) is 3.81. The van der Waals surface area contributed by atoms with Gasteiger partial charge in [-0.3, -0.25) is 14.9 Å². The minimum absolute atomic E-state index is 0.271. The highest BCUT2D eigenvalue weighted by Crippen LogP contribution is 2.33. The zero-order chi connectivity index (χ0) is 32.1. The normalized spacial score (nSPS) is 11.6. The Hall–Kier alpha value is -3.84. The molecule has 0 unspecified atom stereocenters. The van der Waals surface area contributed by atoms with Crippen LogP contribution < -0.4 is 9.62 Å². The Morgan fingerprint density at radius 3 is 1.73 bits per heavy atom. The zero-order valence-corrected chi connectivity index (χ0v) is 26.9. The van der Waals surface area contributed by atoms with Gasteiger partial charge in [-0.05, 0) is 77.4 Å². The van der Waals surface area contributed by atoms with Crippen molar-refractivity contribution >= 4 is 27.3 Å². The van der Waals surface area contributed by atoms with Crippen LogP contribution in [0, 0.1) is 10.1 Å². The van der Waals surface area contributed by atoms with Gasteiger partial charge in [-0.1, -0.05) is 60.7 Å². The van der Waals surface area contributed by atoms with Gasteiger partial charge in [-0.2, -0.15) is 0 Å². The van der Waals surface area contributed by atoms with Crippen molar-refractivity contribution in [2.24, 2.45) is 0 Å². The number of anilines is 1. The molecule has 1 N–H and O–H groups in total. The quantitative estimate of drug-likeness (QED) is 0.168. The molecule has 0 aliphatic rings. The molecule has 0 radical (unpaired) electrons. The average molecular weight is 625 g/mol. The van der Waals surface area contributed by atoms with Gasteiger partial charge in [0.25, 0.3) is 5.69 Å². The summed E-state index contributed by atoms with van der Waals surface area (Å²) in [6.07, 6.45) is 1.51. The third-order valence-electron chi connectivity index (χ3n) is 7.06. The second kappa shape index (κ2) is 16.9. The smallest absolute Gasteiger partial charge is 0.293 e. The fraction of sp³-hybridized carbons (Fsp3) is 0.406. The van der Waals surface area contributed by atoms with Crippen molar-refractivity contribution in [3.63, 3.8) is 0 Å². The van der Waals surface area contributed by atoms with Crippen LogP contribution in [-0.2, 0) is 27.9 Å². The average Bonchev–Trinajstić information content (AvgIpc) is 2.99. The van der Waals surface area contributed by atoms with Gasteiger partial charge in [0.2, 0.25) is 15.9 Å². The van der Waals surface area contributed by atoms with Crippen LogP contribution in [0.25, 0.3) is 0 Å². The van der Waals surface area contributed by atoms with E-state index in [9.17, 15) is 23.3 Å². The highest BCUT2D eigenvalue weighted by Gasteiger charge is 2.26. The molecule has 0 saturated heterocycles. The second-order valence-electron chi connectivity index (χ2n) is 11.3. The van der Waals surface area contributed by atoms with Gasteiger partial charge in [0, 0.05) is 32.2 Å². The summed E-state index contributed by atoms with van der Waals surface area (Å²) in [5.74, 6) is -0.339. The molecule has 0 heterocycles. The summed E-state index contributed by atoms with van der Waals surface area (Å²) in [5, 5.41) is 12.3. The number of sulfonamides is 1. The molecule has 1 amide bonds. The number of nitro groups is 1. The maximum atomic E-state index is 13.3. The molecule has 3 rings (SSSR count). The Kier molecular flexibility index (Phi) is 13.3.